The molecule has 1 heterocycles. The van der Waals surface area contributed by atoms with E-state index in [4.69, 9.17) is 0 Å². The number of nitrogens with zero attached hydrogens (tertiary/aromatic N) is 3. The van der Waals surface area contributed by atoms with Crippen LogP contribution in [0.1, 0.15) is 36.8 Å². The van der Waals surface area contributed by atoms with Crippen molar-refractivity contribution in [1.82, 2.24) is 9.55 Å². The molecular formula is C20H21N3O3S. The first-order chi connectivity index (χ1) is 13.0. The zero-order chi connectivity index (χ0) is 19.4. The van der Waals surface area contributed by atoms with E-state index in [0.717, 1.165) is 21.2 Å². The number of rotatable bonds is 7. The molecule has 0 aliphatic rings. The Labute approximate surface area is 162 Å². The summed E-state index contributed by atoms with van der Waals surface area (Å²) in [5.74, 6) is 0.754. The molecule has 0 atom stereocenters. The molecule has 0 bridgehead atoms. The van der Waals surface area contributed by atoms with Crippen LogP contribution in [-0.4, -0.2) is 19.6 Å². The normalized spacial score (nSPS) is 11.1. The van der Waals surface area contributed by atoms with Crippen LogP contribution in [0.25, 0.3) is 0 Å². The lowest BCUT2D eigenvalue weighted by atomic mass is 10.1. The molecule has 6 nitrogen and oxygen atoms in total. The predicted octanol–water partition coefficient (Wildman–Crippen LogP) is 4.61. The van der Waals surface area contributed by atoms with E-state index >= 15 is 0 Å². The molecule has 2 aromatic carbocycles. The number of aliphatic hydroxyl groups excluding tert-OH is 1. The Kier molecular flexibility index (Phi) is 5.93. The Morgan fingerprint density at radius 2 is 1.93 bits per heavy atom. The van der Waals surface area contributed by atoms with E-state index in [0.29, 0.717) is 12.4 Å². The third-order valence-corrected chi connectivity index (χ3v) is 5.25. The number of non-ortho nitro benzene ring substituents is 1. The number of hydrogen-bond acceptors (Lipinski definition) is 5. The van der Waals surface area contributed by atoms with Crippen LogP contribution in [0.4, 0.5) is 5.69 Å². The summed E-state index contributed by atoms with van der Waals surface area (Å²) < 4.78 is 1.99. The van der Waals surface area contributed by atoms with Gasteiger partial charge in [-0.15, -0.1) is 0 Å². The Morgan fingerprint density at radius 3 is 2.56 bits per heavy atom. The van der Waals surface area contributed by atoms with Gasteiger partial charge in [-0.05, 0) is 17.5 Å². The lowest BCUT2D eigenvalue weighted by Crippen LogP contribution is -2.06. The molecule has 0 saturated heterocycles. The monoisotopic (exact) mass is 383 g/mol. The maximum atomic E-state index is 11.1. The van der Waals surface area contributed by atoms with Gasteiger partial charge in [-0.25, -0.2) is 4.98 Å². The minimum absolute atomic E-state index is 0.0580. The SMILES string of the molecule is CC(C)c1nc(CO)n(Cc2ccccc2)c1Sc1cccc([N+](=O)[O-])c1. The fourth-order valence-corrected chi connectivity index (χ4v) is 4.02. The molecule has 0 aliphatic carbocycles. The molecule has 0 radical (unpaired) electrons. The van der Waals surface area contributed by atoms with Crippen LogP contribution in [0.3, 0.4) is 0 Å². The molecule has 1 aromatic heterocycles. The van der Waals surface area contributed by atoms with Crippen LogP contribution in [0, 0.1) is 10.1 Å². The number of nitro benzene ring substituents is 1. The van der Waals surface area contributed by atoms with Gasteiger partial charge in [0.2, 0.25) is 0 Å². The number of hydrogen-bond donors (Lipinski definition) is 1. The summed E-state index contributed by atoms with van der Waals surface area (Å²) in [5, 5.41) is 21.8. The molecule has 0 aliphatic heterocycles. The largest absolute Gasteiger partial charge is 0.388 e. The van der Waals surface area contributed by atoms with E-state index < -0.39 is 4.92 Å². The highest BCUT2D eigenvalue weighted by Gasteiger charge is 2.21. The molecule has 140 valence electrons. The first-order valence-corrected chi connectivity index (χ1v) is 9.47. The summed E-state index contributed by atoms with van der Waals surface area (Å²) in [5.41, 5.74) is 2.04. The molecule has 3 aromatic rings. The van der Waals surface area contributed by atoms with E-state index in [9.17, 15) is 15.2 Å². The van der Waals surface area contributed by atoms with Gasteiger partial charge >= 0.3 is 0 Å². The van der Waals surface area contributed by atoms with Gasteiger partial charge in [-0.2, -0.15) is 0 Å². The topological polar surface area (TPSA) is 81.2 Å². The summed E-state index contributed by atoms with van der Waals surface area (Å²) >= 11 is 1.44. The maximum Gasteiger partial charge on any atom is 0.270 e. The van der Waals surface area contributed by atoms with E-state index in [1.54, 1.807) is 12.1 Å². The lowest BCUT2D eigenvalue weighted by Gasteiger charge is -2.13. The third-order valence-electron chi connectivity index (χ3n) is 4.14. The Balaban J connectivity index is 2.05. The van der Waals surface area contributed by atoms with Crippen molar-refractivity contribution in [2.45, 2.75) is 42.8 Å². The minimum Gasteiger partial charge on any atom is -0.388 e. The van der Waals surface area contributed by atoms with E-state index in [2.05, 4.69) is 4.98 Å². The van der Waals surface area contributed by atoms with Crippen molar-refractivity contribution in [3.63, 3.8) is 0 Å². The fraction of sp³-hybridized carbons (Fsp3) is 0.250. The zero-order valence-electron chi connectivity index (χ0n) is 15.2. The Morgan fingerprint density at radius 1 is 1.19 bits per heavy atom. The smallest absolute Gasteiger partial charge is 0.270 e. The molecule has 27 heavy (non-hydrogen) atoms. The Hall–Kier alpha value is -2.64. The van der Waals surface area contributed by atoms with Crippen molar-refractivity contribution in [1.29, 1.82) is 0 Å². The summed E-state index contributed by atoms with van der Waals surface area (Å²) in [6, 6.07) is 16.5. The average molecular weight is 383 g/mol. The molecular weight excluding hydrogens is 362 g/mol. The van der Waals surface area contributed by atoms with Gasteiger partial charge in [0, 0.05) is 23.6 Å². The van der Waals surface area contributed by atoms with E-state index in [-0.39, 0.29) is 18.2 Å². The summed E-state index contributed by atoms with van der Waals surface area (Å²) in [4.78, 5) is 16.1. The quantitative estimate of drug-likeness (QED) is 0.476. The van der Waals surface area contributed by atoms with Crippen LogP contribution < -0.4 is 0 Å². The number of aliphatic hydroxyl groups is 1. The molecule has 0 fully saturated rings. The van der Waals surface area contributed by atoms with Crippen molar-refractivity contribution in [3.8, 4) is 0 Å². The second-order valence-electron chi connectivity index (χ2n) is 6.46. The van der Waals surface area contributed by atoms with E-state index in [1.165, 1.54) is 17.8 Å². The highest BCUT2D eigenvalue weighted by Crippen LogP contribution is 2.36. The molecule has 0 amide bonds. The maximum absolute atomic E-state index is 11.1. The highest BCUT2D eigenvalue weighted by atomic mass is 32.2. The van der Waals surface area contributed by atoms with Gasteiger partial charge in [0.15, 0.2) is 0 Å². The second kappa shape index (κ2) is 8.37. The summed E-state index contributed by atoms with van der Waals surface area (Å²) in [6.07, 6.45) is 0. The van der Waals surface area contributed by atoms with Gasteiger partial charge in [-0.1, -0.05) is 62.0 Å². The van der Waals surface area contributed by atoms with Crippen LogP contribution >= 0.6 is 11.8 Å². The minimum atomic E-state index is -0.395. The summed E-state index contributed by atoms with van der Waals surface area (Å²) in [6.45, 7) is 4.51. The van der Waals surface area contributed by atoms with Crippen LogP contribution in [-0.2, 0) is 13.2 Å². The third kappa shape index (κ3) is 4.37. The van der Waals surface area contributed by atoms with Crippen molar-refractivity contribution in [2.75, 3.05) is 0 Å². The zero-order valence-corrected chi connectivity index (χ0v) is 16.0. The van der Waals surface area contributed by atoms with Gasteiger partial charge in [0.05, 0.1) is 10.6 Å². The Bertz CT molecular complexity index is 939. The summed E-state index contributed by atoms with van der Waals surface area (Å²) in [7, 11) is 0. The number of imidazole rings is 1. The average Bonchev–Trinajstić information content (AvgIpc) is 3.00. The highest BCUT2D eigenvalue weighted by molar-refractivity contribution is 7.99. The number of aromatic nitrogens is 2. The molecule has 1 N–H and O–H groups in total. The van der Waals surface area contributed by atoms with Gasteiger partial charge in [0.1, 0.15) is 17.5 Å². The molecule has 0 saturated carbocycles. The molecule has 0 unspecified atom stereocenters. The first kappa shape index (κ1) is 19.1. The van der Waals surface area contributed by atoms with Crippen molar-refractivity contribution in [2.24, 2.45) is 0 Å². The van der Waals surface area contributed by atoms with Gasteiger partial charge in [-0.3, -0.25) is 10.1 Å². The van der Waals surface area contributed by atoms with Crippen molar-refractivity contribution in [3.05, 3.63) is 81.8 Å². The van der Waals surface area contributed by atoms with E-state index in [1.807, 2.05) is 54.8 Å². The fourth-order valence-electron chi connectivity index (χ4n) is 2.81. The molecule has 7 heteroatoms. The number of nitro groups is 1. The molecule has 0 spiro atoms. The standard InChI is InChI=1S/C20H21N3O3S/c1-14(2)19-20(27-17-10-6-9-16(11-17)23(25)26)22(18(13-24)21-19)12-15-7-4-3-5-8-15/h3-11,14,24H,12-13H2,1-2H3. The van der Waals surface area contributed by atoms with Gasteiger partial charge < -0.3 is 9.67 Å². The van der Waals surface area contributed by atoms with Crippen LogP contribution in [0.15, 0.2) is 64.5 Å². The van der Waals surface area contributed by atoms with Crippen LogP contribution in [0.5, 0.6) is 0 Å². The first-order valence-electron chi connectivity index (χ1n) is 8.66. The van der Waals surface area contributed by atoms with Crippen molar-refractivity contribution >= 4 is 17.4 Å². The van der Waals surface area contributed by atoms with Crippen molar-refractivity contribution < 1.29 is 10.0 Å². The lowest BCUT2D eigenvalue weighted by molar-refractivity contribution is -0.385. The predicted molar refractivity (Wildman–Crippen MR) is 105 cm³/mol. The van der Waals surface area contributed by atoms with Crippen LogP contribution in [0.2, 0.25) is 0 Å². The second-order valence-corrected chi connectivity index (χ2v) is 7.52. The molecule has 3 rings (SSSR count). The van der Waals surface area contributed by atoms with Gasteiger partial charge in [0.25, 0.3) is 5.69 Å². The number of benzene rings is 2.